The number of carbonyl (C=O) groups is 1. The summed E-state index contributed by atoms with van der Waals surface area (Å²) in [5, 5.41) is 3.96. The Morgan fingerprint density at radius 3 is 2.81 bits per heavy atom. The number of thiazole rings is 1. The number of methoxy groups -OCH3 is 2. The number of rotatable bonds is 6. The highest BCUT2D eigenvalue weighted by molar-refractivity contribution is 7.22. The zero-order valence-electron chi connectivity index (χ0n) is 15.3. The summed E-state index contributed by atoms with van der Waals surface area (Å²) in [5.74, 6) is 1.65. The van der Waals surface area contributed by atoms with Gasteiger partial charge in [0.15, 0.2) is 5.13 Å². The molecule has 6 nitrogen and oxygen atoms in total. The van der Waals surface area contributed by atoms with Crippen molar-refractivity contribution in [2.24, 2.45) is 5.92 Å². The van der Waals surface area contributed by atoms with E-state index in [-0.39, 0.29) is 11.8 Å². The van der Waals surface area contributed by atoms with Crippen LogP contribution >= 0.6 is 11.3 Å². The fourth-order valence-electron chi connectivity index (χ4n) is 3.13. The first-order valence-electron chi connectivity index (χ1n) is 8.77. The normalized spacial score (nSPS) is 14.1. The van der Waals surface area contributed by atoms with E-state index in [2.05, 4.69) is 15.2 Å². The van der Waals surface area contributed by atoms with Gasteiger partial charge in [0.05, 0.1) is 30.4 Å². The minimum atomic E-state index is -0.0127. The van der Waals surface area contributed by atoms with Crippen LogP contribution in [0, 0.1) is 5.92 Å². The summed E-state index contributed by atoms with van der Waals surface area (Å²) >= 11 is 1.64. The predicted molar refractivity (Wildman–Crippen MR) is 107 cm³/mol. The van der Waals surface area contributed by atoms with E-state index in [4.69, 9.17) is 9.47 Å². The Balaban J connectivity index is 1.34. The molecule has 1 saturated heterocycles. The second-order valence-electron chi connectivity index (χ2n) is 6.46. The zero-order chi connectivity index (χ0) is 18.8. The van der Waals surface area contributed by atoms with E-state index in [0.29, 0.717) is 19.6 Å². The summed E-state index contributed by atoms with van der Waals surface area (Å²) in [6.07, 6.45) is 0. The molecule has 1 amide bonds. The van der Waals surface area contributed by atoms with Crippen LogP contribution in [0.3, 0.4) is 0 Å². The molecular weight excluding hydrogens is 362 g/mol. The lowest BCUT2D eigenvalue weighted by Gasteiger charge is -2.38. The fourth-order valence-corrected chi connectivity index (χ4v) is 4.10. The minimum Gasteiger partial charge on any atom is -0.497 e. The lowest BCUT2D eigenvalue weighted by molar-refractivity contribution is -0.125. The van der Waals surface area contributed by atoms with Gasteiger partial charge in [-0.25, -0.2) is 4.98 Å². The van der Waals surface area contributed by atoms with Crippen LogP contribution in [0.15, 0.2) is 42.5 Å². The number of fused-ring (bicyclic) bond motifs is 1. The van der Waals surface area contributed by atoms with Crippen molar-refractivity contribution in [2.75, 3.05) is 32.2 Å². The van der Waals surface area contributed by atoms with Gasteiger partial charge in [-0.2, -0.15) is 0 Å². The van der Waals surface area contributed by atoms with Gasteiger partial charge in [0.2, 0.25) is 5.91 Å². The number of carbonyl (C=O) groups excluding carboxylic acids is 1. The Morgan fingerprint density at radius 1 is 1.22 bits per heavy atom. The highest BCUT2D eigenvalue weighted by Gasteiger charge is 2.34. The first-order valence-corrected chi connectivity index (χ1v) is 9.58. The molecule has 0 saturated carbocycles. The van der Waals surface area contributed by atoms with Crippen molar-refractivity contribution in [3.05, 3.63) is 48.0 Å². The summed E-state index contributed by atoms with van der Waals surface area (Å²) < 4.78 is 11.7. The Hall–Kier alpha value is -2.80. The summed E-state index contributed by atoms with van der Waals surface area (Å²) in [6.45, 7) is 1.85. The summed E-state index contributed by atoms with van der Waals surface area (Å²) in [5.41, 5.74) is 1.91. The topological polar surface area (TPSA) is 63.7 Å². The van der Waals surface area contributed by atoms with Gasteiger partial charge in [0, 0.05) is 31.3 Å². The maximum Gasteiger partial charge on any atom is 0.226 e. The van der Waals surface area contributed by atoms with Crippen molar-refractivity contribution in [2.45, 2.75) is 6.54 Å². The third-order valence-electron chi connectivity index (χ3n) is 4.75. The summed E-state index contributed by atoms with van der Waals surface area (Å²) in [4.78, 5) is 19.2. The molecule has 2 aromatic carbocycles. The quantitative estimate of drug-likeness (QED) is 0.709. The van der Waals surface area contributed by atoms with E-state index in [9.17, 15) is 4.79 Å². The van der Waals surface area contributed by atoms with Crippen molar-refractivity contribution in [1.82, 2.24) is 10.3 Å². The van der Waals surface area contributed by atoms with E-state index in [1.165, 1.54) is 0 Å². The molecule has 1 aliphatic rings. The molecule has 1 N–H and O–H groups in total. The molecule has 0 spiro atoms. The second-order valence-corrected chi connectivity index (χ2v) is 7.47. The number of hydrogen-bond donors (Lipinski definition) is 1. The molecule has 1 aromatic heterocycles. The Bertz CT molecular complexity index is 966. The molecule has 0 atom stereocenters. The minimum absolute atomic E-state index is 0.0127. The van der Waals surface area contributed by atoms with E-state index >= 15 is 0 Å². The highest BCUT2D eigenvalue weighted by atomic mass is 32.1. The van der Waals surface area contributed by atoms with E-state index < -0.39 is 0 Å². The molecule has 0 radical (unpaired) electrons. The van der Waals surface area contributed by atoms with Crippen LogP contribution in [0.2, 0.25) is 0 Å². The third-order valence-corrected chi connectivity index (χ3v) is 5.85. The SMILES string of the molecule is COc1ccc2sc(N3CC(C(=O)NCc4ccccc4OC)C3)nc2c1. The summed E-state index contributed by atoms with van der Waals surface area (Å²) in [6, 6.07) is 13.6. The number of anilines is 1. The van der Waals surface area contributed by atoms with E-state index in [1.807, 2.05) is 42.5 Å². The third kappa shape index (κ3) is 3.55. The smallest absolute Gasteiger partial charge is 0.226 e. The number of nitrogens with one attached hydrogen (secondary N) is 1. The Kier molecular flexibility index (Phi) is 4.85. The number of para-hydroxylation sites is 1. The van der Waals surface area contributed by atoms with Gasteiger partial charge in [-0.1, -0.05) is 29.5 Å². The van der Waals surface area contributed by atoms with Crippen LogP contribution < -0.4 is 19.7 Å². The molecule has 0 aliphatic carbocycles. The van der Waals surface area contributed by atoms with Crippen LogP contribution in [-0.2, 0) is 11.3 Å². The van der Waals surface area contributed by atoms with Gasteiger partial charge in [-0.15, -0.1) is 0 Å². The number of benzene rings is 2. The van der Waals surface area contributed by atoms with Gasteiger partial charge in [0.1, 0.15) is 11.5 Å². The van der Waals surface area contributed by atoms with Crippen molar-refractivity contribution in [1.29, 1.82) is 0 Å². The molecule has 0 bridgehead atoms. The lowest BCUT2D eigenvalue weighted by atomic mass is 10.00. The molecule has 4 rings (SSSR count). The molecule has 0 unspecified atom stereocenters. The van der Waals surface area contributed by atoms with Gasteiger partial charge in [-0.3, -0.25) is 4.79 Å². The van der Waals surface area contributed by atoms with Crippen molar-refractivity contribution in [3.63, 3.8) is 0 Å². The average molecular weight is 383 g/mol. The van der Waals surface area contributed by atoms with Gasteiger partial charge >= 0.3 is 0 Å². The standard InChI is InChI=1S/C20H21N3O3S/c1-25-15-7-8-18-16(9-15)22-20(27-18)23-11-14(12-23)19(24)21-10-13-5-3-4-6-17(13)26-2/h3-9,14H,10-12H2,1-2H3,(H,21,24). The number of nitrogens with zero attached hydrogens (tertiary/aromatic N) is 2. The second kappa shape index (κ2) is 7.44. The number of ether oxygens (including phenoxy) is 2. The van der Waals surface area contributed by atoms with E-state index in [1.54, 1.807) is 25.6 Å². The van der Waals surface area contributed by atoms with Gasteiger partial charge in [-0.05, 0) is 18.2 Å². The predicted octanol–water partition coefficient (Wildman–Crippen LogP) is 3.07. The maximum atomic E-state index is 12.4. The lowest BCUT2D eigenvalue weighted by Crippen LogP contribution is -2.53. The largest absolute Gasteiger partial charge is 0.497 e. The molecule has 27 heavy (non-hydrogen) atoms. The van der Waals surface area contributed by atoms with Crippen LogP contribution in [0.4, 0.5) is 5.13 Å². The first kappa shape index (κ1) is 17.6. The average Bonchev–Trinajstić information content (AvgIpc) is 3.07. The maximum absolute atomic E-state index is 12.4. The van der Waals surface area contributed by atoms with Gasteiger partial charge < -0.3 is 19.7 Å². The summed E-state index contributed by atoms with van der Waals surface area (Å²) in [7, 11) is 3.29. The molecule has 1 aliphatic heterocycles. The molecule has 140 valence electrons. The number of amides is 1. The number of aromatic nitrogens is 1. The van der Waals surface area contributed by atoms with Crippen LogP contribution in [0.25, 0.3) is 10.2 Å². The van der Waals surface area contributed by atoms with E-state index in [0.717, 1.165) is 32.4 Å². The first-order chi connectivity index (χ1) is 13.2. The molecule has 2 heterocycles. The van der Waals surface area contributed by atoms with Crippen LogP contribution in [0.5, 0.6) is 11.5 Å². The van der Waals surface area contributed by atoms with Gasteiger partial charge in [0.25, 0.3) is 0 Å². The molecule has 1 fully saturated rings. The zero-order valence-corrected chi connectivity index (χ0v) is 16.1. The monoisotopic (exact) mass is 383 g/mol. The Morgan fingerprint density at radius 2 is 2.04 bits per heavy atom. The highest BCUT2D eigenvalue weighted by Crippen LogP contribution is 2.34. The van der Waals surface area contributed by atoms with Crippen LogP contribution in [-0.4, -0.2) is 38.2 Å². The van der Waals surface area contributed by atoms with Crippen molar-refractivity contribution in [3.8, 4) is 11.5 Å². The van der Waals surface area contributed by atoms with Crippen molar-refractivity contribution < 1.29 is 14.3 Å². The van der Waals surface area contributed by atoms with Crippen LogP contribution in [0.1, 0.15) is 5.56 Å². The molecule has 3 aromatic rings. The molecular formula is C20H21N3O3S. The number of hydrogen-bond acceptors (Lipinski definition) is 6. The molecule has 7 heteroatoms. The van der Waals surface area contributed by atoms with Crippen molar-refractivity contribution >= 4 is 32.6 Å². The Labute approximate surface area is 161 Å². The fraction of sp³-hybridized carbons (Fsp3) is 0.300.